The lowest BCUT2D eigenvalue weighted by Gasteiger charge is -2.08. The molecule has 0 aliphatic carbocycles. The van der Waals surface area contributed by atoms with Gasteiger partial charge in [-0.15, -0.1) is 17.9 Å². The number of para-hydroxylation sites is 1. The van der Waals surface area contributed by atoms with Gasteiger partial charge in [-0.1, -0.05) is 53.0 Å². The summed E-state index contributed by atoms with van der Waals surface area (Å²) < 4.78 is 2.05. The highest BCUT2D eigenvalue weighted by molar-refractivity contribution is 7.07. The first-order valence-corrected chi connectivity index (χ1v) is 9.15. The summed E-state index contributed by atoms with van der Waals surface area (Å²) in [5, 5.41) is 3.84. The van der Waals surface area contributed by atoms with Gasteiger partial charge in [0.2, 0.25) is 0 Å². The summed E-state index contributed by atoms with van der Waals surface area (Å²) >= 11 is 20.1. The molecule has 0 fully saturated rings. The fourth-order valence-electron chi connectivity index (χ4n) is 2.28. The molecule has 3 aromatic rings. The van der Waals surface area contributed by atoms with E-state index in [0.29, 0.717) is 21.6 Å². The molecule has 3 rings (SSSR count). The topological polar surface area (TPSA) is 17.3 Å². The summed E-state index contributed by atoms with van der Waals surface area (Å²) in [6, 6.07) is 13.0. The molecule has 1 aromatic heterocycles. The number of hydrogen-bond donors (Lipinski definition) is 0. The lowest BCUT2D eigenvalue weighted by Crippen LogP contribution is -2.14. The standard InChI is InChI=1S/C18H13Cl3N2S/c1-2-9-23-17(13-8-7-12(19)10-15(13)21)11-24-18(23)22-16-6-4-3-5-14(16)20/h2-8,10-11H,1,9H2. The molecule has 0 N–H and O–H groups in total. The number of thiazole rings is 1. The van der Waals surface area contributed by atoms with Crippen LogP contribution in [0.1, 0.15) is 0 Å². The third-order valence-electron chi connectivity index (χ3n) is 3.38. The Balaban J connectivity index is 2.18. The van der Waals surface area contributed by atoms with E-state index in [1.54, 1.807) is 6.07 Å². The van der Waals surface area contributed by atoms with E-state index in [1.807, 2.05) is 47.9 Å². The summed E-state index contributed by atoms with van der Waals surface area (Å²) in [6.07, 6.45) is 1.83. The molecule has 0 aliphatic rings. The number of hydrogen-bond acceptors (Lipinski definition) is 2. The van der Waals surface area contributed by atoms with Gasteiger partial charge in [-0.25, -0.2) is 4.99 Å². The summed E-state index contributed by atoms with van der Waals surface area (Å²) in [6.45, 7) is 4.45. The smallest absolute Gasteiger partial charge is 0.190 e. The van der Waals surface area contributed by atoms with Crippen LogP contribution >= 0.6 is 46.1 Å². The van der Waals surface area contributed by atoms with Gasteiger partial charge in [0, 0.05) is 22.5 Å². The predicted molar refractivity (Wildman–Crippen MR) is 105 cm³/mol. The molecule has 0 bridgehead atoms. The second kappa shape index (κ2) is 7.58. The van der Waals surface area contributed by atoms with E-state index in [9.17, 15) is 0 Å². The maximum Gasteiger partial charge on any atom is 0.190 e. The Morgan fingerprint density at radius 1 is 1.08 bits per heavy atom. The fourth-order valence-corrected chi connectivity index (χ4v) is 3.89. The largest absolute Gasteiger partial charge is 0.313 e. The molecule has 0 atom stereocenters. The van der Waals surface area contributed by atoms with Crippen molar-refractivity contribution < 1.29 is 0 Å². The van der Waals surface area contributed by atoms with E-state index in [0.717, 1.165) is 21.7 Å². The van der Waals surface area contributed by atoms with Crippen LogP contribution in [0.15, 0.2) is 65.5 Å². The highest BCUT2D eigenvalue weighted by Crippen LogP contribution is 2.31. The first-order valence-electron chi connectivity index (χ1n) is 7.14. The molecular weight excluding hydrogens is 383 g/mol. The number of nitrogens with zero attached hydrogens (tertiary/aromatic N) is 2. The van der Waals surface area contributed by atoms with Gasteiger partial charge < -0.3 is 4.57 Å². The van der Waals surface area contributed by atoms with Crippen LogP contribution in [-0.2, 0) is 6.54 Å². The predicted octanol–water partition coefficient (Wildman–Crippen LogP) is 6.60. The van der Waals surface area contributed by atoms with Gasteiger partial charge in [-0.05, 0) is 30.3 Å². The van der Waals surface area contributed by atoms with E-state index in [-0.39, 0.29) is 0 Å². The third-order valence-corrected chi connectivity index (χ3v) is 5.12. The Morgan fingerprint density at radius 2 is 1.88 bits per heavy atom. The third kappa shape index (κ3) is 3.60. The SMILES string of the molecule is C=CCn1c(-c2ccc(Cl)cc2Cl)csc1=Nc1ccccc1Cl. The number of aromatic nitrogens is 1. The Bertz CT molecular complexity index is 957. The Hall–Kier alpha value is -1.52. The molecule has 0 amide bonds. The zero-order chi connectivity index (χ0) is 17.1. The first kappa shape index (κ1) is 17.3. The molecule has 0 aliphatic heterocycles. The van der Waals surface area contributed by atoms with Crippen LogP contribution in [-0.4, -0.2) is 4.57 Å². The van der Waals surface area contributed by atoms with Crippen molar-refractivity contribution in [1.82, 2.24) is 4.57 Å². The molecular formula is C18H13Cl3N2S. The zero-order valence-corrected chi connectivity index (χ0v) is 15.6. The molecule has 0 spiro atoms. The molecule has 2 aromatic carbocycles. The minimum Gasteiger partial charge on any atom is -0.313 e. The van der Waals surface area contributed by atoms with Crippen molar-refractivity contribution in [3.8, 4) is 11.3 Å². The van der Waals surface area contributed by atoms with E-state index < -0.39 is 0 Å². The van der Waals surface area contributed by atoms with Crippen molar-refractivity contribution in [2.45, 2.75) is 6.54 Å². The van der Waals surface area contributed by atoms with Gasteiger partial charge >= 0.3 is 0 Å². The fraction of sp³-hybridized carbons (Fsp3) is 0.0556. The van der Waals surface area contributed by atoms with Crippen molar-refractivity contribution in [3.63, 3.8) is 0 Å². The van der Waals surface area contributed by atoms with Gasteiger partial charge in [0.15, 0.2) is 4.80 Å². The lowest BCUT2D eigenvalue weighted by molar-refractivity contribution is 0.800. The Labute approximate surface area is 159 Å². The van der Waals surface area contributed by atoms with Gasteiger partial charge in [0.25, 0.3) is 0 Å². The minimum absolute atomic E-state index is 0.599. The summed E-state index contributed by atoms with van der Waals surface area (Å²) in [5.74, 6) is 0. The highest BCUT2D eigenvalue weighted by atomic mass is 35.5. The van der Waals surface area contributed by atoms with Crippen molar-refractivity contribution in [1.29, 1.82) is 0 Å². The molecule has 0 radical (unpaired) electrons. The first-order chi connectivity index (χ1) is 11.6. The second-order valence-corrected chi connectivity index (χ2v) is 7.08. The summed E-state index contributed by atoms with van der Waals surface area (Å²) in [7, 11) is 0. The van der Waals surface area contributed by atoms with Crippen LogP contribution < -0.4 is 4.80 Å². The van der Waals surface area contributed by atoms with Crippen LogP contribution in [0.5, 0.6) is 0 Å². The molecule has 6 heteroatoms. The van der Waals surface area contributed by atoms with Gasteiger partial charge in [0.1, 0.15) is 0 Å². The average molecular weight is 396 g/mol. The molecule has 0 saturated carbocycles. The van der Waals surface area contributed by atoms with E-state index in [1.165, 1.54) is 11.3 Å². The summed E-state index contributed by atoms with van der Waals surface area (Å²) in [5.41, 5.74) is 2.60. The molecule has 0 saturated heterocycles. The molecule has 1 heterocycles. The van der Waals surface area contributed by atoms with Gasteiger partial charge in [-0.3, -0.25) is 0 Å². The van der Waals surface area contributed by atoms with Crippen molar-refractivity contribution in [2.75, 3.05) is 0 Å². The van der Waals surface area contributed by atoms with Crippen LogP contribution in [0.25, 0.3) is 11.3 Å². The normalized spacial score (nSPS) is 11.7. The molecule has 24 heavy (non-hydrogen) atoms. The van der Waals surface area contributed by atoms with Gasteiger partial charge in [0.05, 0.1) is 21.4 Å². The molecule has 2 nitrogen and oxygen atoms in total. The maximum atomic E-state index is 6.36. The van der Waals surface area contributed by atoms with E-state index >= 15 is 0 Å². The van der Waals surface area contributed by atoms with E-state index in [2.05, 4.69) is 16.1 Å². The lowest BCUT2D eigenvalue weighted by atomic mass is 10.1. The van der Waals surface area contributed by atoms with Crippen molar-refractivity contribution in [3.05, 3.63) is 80.4 Å². The van der Waals surface area contributed by atoms with Gasteiger partial charge in [-0.2, -0.15) is 0 Å². The van der Waals surface area contributed by atoms with Crippen molar-refractivity contribution >= 4 is 51.8 Å². The monoisotopic (exact) mass is 394 g/mol. The number of allylic oxidation sites excluding steroid dienone is 1. The van der Waals surface area contributed by atoms with Crippen LogP contribution in [0.3, 0.4) is 0 Å². The zero-order valence-electron chi connectivity index (χ0n) is 12.5. The summed E-state index contributed by atoms with van der Waals surface area (Å²) in [4.78, 5) is 5.51. The Morgan fingerprint density at radius 3 is 2.58 bits per heavy atom. The van der Waals surface area contributed by atoms with Crippen molar-refractivity contribution in [2.24, 2.45) is 4.99 Å². The molecule has 122 valence electrons. The van der Waals surface area contributed by atoms with Crippen LogP contribution in [0.2, 0.25) is 15.1 Å². The number of halogens is 3. The maximum absolute atomic E-state index is 6.36. The average Bonchev–Trinajstić information content (AvgIpc) is 2.93. The second-order valence-electron chi connectivity index (χ2n) is 4.99. The Kier molecular flexibility index (Phi) is 5.47. The quantitative estimate of drug-likeness (QED) is 0.443. The number of benzene rings is 2. The van der Waals surface area contributed by atoms with Crippen LogP contribution in [0, 0.1) is 0 Å². The number of rotatable bonds is 4. The highest BCUT2D eigenvalue weighted by Gasteiger charge is 2.11. The molecule has 0 unspecified atom stereocenters. The van der Waals surface area contributed by atoms with E-state index in [4.69, 9.17) is 34.8 Å². The van der Waals surface area contributed by atoms with Crippen LogP contribution in [0.4, 0.5) is 5.69 Å². The minimum atomic E-state index is 0.599.